The Balaban J connectivity index is 1.66. The van der Waals surface area contributed by atoms with Crippen molar-refractivity contribution in [1.82, 2.24) is 4.72 Å². The van der Waals surface area contributed by atoms with Gasteiger partial charge in [-0.15, -0.1) is 0 Å². The molecule has 0 atom stereocenters. The number of amidine groups is 1. The van der Waals surface area contributed by atoms with E-state index in [0.717, 1.165) is 18.6 Å². The third kappa shape index (κ3) is 5.29. The molecule has 2 aromatic rings. The Kier molecular flexibility index (Phi) is 6.12. The predicted octanol–water partition coefficient (Wildman–Crippen LogP) is 2.51. The first-order valence-corrected chi connectivity index (χ1v) is 10.4. The lowest BCUT2D eigenvalue weighted by molar-refractivity contribution is -0.114. The summed E-state index contributed by atoms with van der Waals surface area (Å²) in [6, 6.07) is 9.16. The van der Waals surface area contributed by atoms with Gasteiger partial charge < -0.3 is 10.2 Å². The predicted molar refractivity (Wildman–Crippen MR) is 107 cm³/mol. The number of hydrogen-bond donors (Lipinski definition) is 2. The fourth-order valence-corrected chi connectivity index (χ4v) is 3.94. The Morgan fingerprint density at radius 3 is 2.66 bits per heavy atom. The maximum Gasteiger partial charge on any atom is 0.262 e. The summed E-state index contributed by atoms with van der Waals surface area (Å²) < 4.78 is 53.8. The highest BCUT2D eigenvalue weighted by Crippen LogP contribution is 2.18. The first-order chi connectivity index (χ1) is 13.7. The van der Waals surface area contributed by atoms with Crippen molar-refractivity contribution in [2.45, 2.75) is 17.7 Å². The minimum atomic E-state index is -3.80. The van der Waals surface area contributed by atoms with E-state index in [1.807, 2.05) is 0 Å². The van der Waals surface area contributed by atoms with Crippen molar-refractivity contribution in [1.29, 1.82) is 0 Å². The Bertz CT molecular complexity index is 1060. The number of benzene rings is 2. The number of likely N-dealkylation sites (N-methyl/N-ethyl adjacent to an activating group) is 1. The van der Waals surface area contributed by atoms with E-state index in [-0.39, 0.29) is 11.4 Å². The number of carbonyl (C=O) groups is 1. The van der Waals surface area contributed by atoms with E-state index in [1.165, 1.54) is 29.2 Å². The molecule has 0 radical (unpaired) electrons. The molecule has 0 saturated carbocycles. The highest BCUT2D eigenvalue weighted by Gasteiger charge is 2.19. The molecule has 0 fully saturated rings. The van der Waals surface area contributed by atoms with Crippen molar-refractivity contribution in [3.63, 3.8) is 0 Å². The molecule has 10 heteroatoms. The fourth-order valence-electron chi connectivity index (χ4n) is 2.81. The number of nitrogens with zero attached hydrogens (tertiary/aromatic N) is 2. The summed E-state index contributed by atoms with van der Waals surface area (Å²) in [4.78, 5) is 17.8. The molecule has 1 aliphatic rings. The number of halogens is 2. The Morgan fingerprint density at radius 1 is 1.17 bits per heavy atom. The van der Waals surface area contributed by atoms with Gasteiger partial charge in [-0.1, -0.05) is 6.07 Å². The first-order valence-electron chi connectivity index (χ1n) is 8.87. The van der Waals surface area contributed by atoms with Gasteiger partial charge in [0.2, 0.25) is 5.91 Å². The highest BCUT2D eigenvalue weighted by atomic mass is 32.2. The third-order valence-corrected chi connectivity index (χ3v) is 5.66. The van der Waals surface area contributed by atoms with E-state index >= 15 is 0 Å². The molecule has 0 aliphatic carbocycles. The van der Waals surface area contributed by atoms with E-state index in [1.54, 1.807) is 13.1 Å². The average Bonchev–Trinajstić information content (AvgIpc) is 3.16. The van der Waals surface area contributed by atoms with Crippen LogP contribution in [0.1, 0.15) is 12.8 Å². The van der Waals surface area contributed by atoms with Crippen LogP contribution < -0.4 is 14.9 Å². The lowest BCUT2D eigenvalue weighted by atomic mass is 10.2. The zero-order chi connectivity index (χ0) is 21.0. The Morgan fingerprint density at radius 2 is 1.97 bits per heavy atom. The van der Waals surface area contributed by atoms with E-state index in [2.05, 4.69) is 15.0 Å². The zero-order valence-corrected chi connectivity index (χ0v) is 16.5. The van der Waals surface area contributed by atoms with Crippen LogP contribution in [0.15, 0.2) is 52.4 Å². The minimum absolute atomic E-state index is 0.00106. The van der Waals surface area contributed by atoms with Gasteiger partial charge in [0, 0.05) is 37.5 Å². The zero-order valence-electron chi connectivity index (χ0n) is 15.7. The Hall–Kier alpha value is -3.01. The van der Waals surface area contributed by atoms with Gasteiger partial charge in [-0.25, -0.2) is 17.2 Å². The third-order valence-electron chi connectivity index (χ3n) is 4.28. The largest absolute Gasteiger partial charge is 0.365 e. The molecule has 2 N–H and O–H groups in total. The van der Waals surface area contributed by atoms with Crippen molar-refractivity contribution in [3.05, 3.63) is 54.1 Å². The van der Waals surface area contributed by atoms with Crippen molar-refractivity contribution >= 4 is 33.1 Å². The quantitative estimate of drug-likeness (QED) is 0.749. The minimum Gasteiger partial charge on any atom is -0.365 e. The summed E-state index contributed by atoms with van der Waals surface area (Å²) in [6.45, 7) is 0.455. The second-order valence-corrected chi connectivity index (χ2v) is 8.25. The number of nitrogens with one attached hydrogen (secondary N) is 2. The normalized spacial score (nSPS) is 13.7. The molecule has 2 aromatic carbocycles. The van der Waals surface area contributed by atoms with Crippen molar-refractivity contribution in [2.24, 2.45) is 4.99 Å². The second-order valence-electron chi connectivity index (χ2n) is 6.57. The molecule has 1 amide bonds. The molecule has 1 heterocycles. The van der Waals surface area contributed by atoms with Crippen LogP contribution >= 0.6 is 0 Å². The molecule has 7 nitrogen and oxygen atoms in total. The van der Waals surface area contributed by atoms with Gasteiger partial charge in [0.25, 0.3) is 10.0 Å². The number of rotatable bonds is 6. The highest BCUT2D eigenvalue weighted by molar-refractivity contribution is 7.90. The van der Waals surface area contributed by atoms with Gasteiger partial charge >= 0.3 is 0 Å². The van der Waals surface area contributed by atoms with E-state index in [4.69, 9.17) is 0 Å². The van der Waals surface area contributed by atoms with Gasteiger partial charge in [0.1, 0.15) is 5.84 Å². The maximum absolute atomic E-state index is 13.4. The molecule has 0 spiro atoms. The van der Waals surface area contributed by atoms with Crippen molar-refractivity contribution in [3.8, 4) is 0 Å². The number of carbonyl (C=O) groups excluding carboxylic acids is 1. The maximum atomic E-state index is 13.4. The molecule has 0 saturated heterocycles. The molecule has 0 unspecified atom stereocenters. The summed E-state index contributed by atoms with van der Waals surface area (Å²) in [5.74, 6) is -2.00. The molecule has 0 aromatic heterocycles. The topological polar surface area (TPSA) is 90.9 Å². The number of anilines is 2. The standard InChI is InChI=1S/C19H20F2N4O3S/c1-25(14-7-8-16(20)17(21)11-14)12-19(26)23-13-4-2-5-15(10-13)29(27,28)24-18-6-3-9-22-18/h2,4-5,7-8,10-11H,3,6,9,12H2,1H3,(H,22,24)(H,23,26). The molecule has 154 valence electrons. The van der Waals surface area contributed by atoms with Crippen LogP contribution in [0.5, 0.6) is 0 Å². The molecule has 29 heavy (non-hydrogen) atoms. The molecular weight excluding hydrogens is 402 g/mol. The van der Waals surface area contributed by atoms with Crippen molar-refractivity contribution in [2.75, 3.05) is 30.4 Å². The molecular formula is C19H20F2N4O3S. The van der Waals surface area contributed by atoms with E-state index < -0.39 is 27.6 Å². The van der Waals surface area contributed by atoms with Crippen LogP contribution in [0.25, 0.3) is 0 Å². The summed E-state index contributed by atoms with van der Waals surface area (Å²) >= 11 is 0. The van der Waals surface area contributed by atoms with Crippen molar-refractivity contribution < 1.29 is 22.0 Å². The molecule has 1 aliphatic heterocycles. The first kappa shape index (κ1) is 20.7. The summed E-state index contributed by atoms with van der Waals surface area (Å²) in [5, 5.41) is 2.60. The monoisotopic (exact) mass is 422 g/mol. The lowest BCUT2D eigenvalue weighted by Crippen LogP contribution is -2.31. The second kappa shape index (κ2) is 8.56. The summed E-state index contributed by atoms with van der Waals surface area (Å²) in [5.41, 5.74) is 0.627. The smallest absolute Gasteiger partial charge is 0.262 e. The number of sulfonamides is 1. The van der Waals surface area contributed by atoms with Gasteiger partial charge in [-0.2, -0.15) is 0 Å². The van der Waals surface area contributed by atoms with Crippen LogP contribution in [0.4, 0.5) is 20.2 Å². The van der Waals surface area contributed by atoms with Crippen LogP contribution in [0.3, 0.4) is 0 Å². The number of amides is 1. The van der Waals surface area contributed by atoms with Gasteiger partial charge in [-0.3, -0.25) is 14.5 Å². The number of hydrogen-bond acceptors (Lipinski definition) is 5. The van der Waals surface area contributed by atoms with Crippen LogP contribution in [-0.4, -0.2) is 40.3 Å². The SMILES string of the molecule is CN(CC(=O)Nc1cccc(S(=O)(=O)NC2=NCCC2)c1)c1ccc(F)c(F)c1. The Labute approximate surface area is 167 Å². The molecule has 0 bridgehead atoms. The lowest BCUT2D eigenvalue weighted by Gasteiger charge is -2.19. The summed E-state index contributed by atoms with van der Waals surface area (Å²) in [6.07, 6.45) is 1.38. The van der Waals surface area contributed by atoms with E-state index in [9.17, 15) is 22.0 Å². The molecule has 3 rings (SSSR count). The van der Waals surface area contributed by atoms with Crippen LogP contribution in [0.2, 0.25) is 0 Å². The van der Waals surface area contributed by atoms with E-state index in [0.29, 0.717) is 30.2 Å². The van der Waals surface area contributed by atoms with Gasteiger partial charge in [-0.05, 0) is 36.8 Å². The van der Waals surface area contributed by atoms with Gasteiger partial charge in [0.05, 0.1) is 11.4 Å². The average molecular weight is 422 g/mol. The van der Waals surface area contributed by atoms with Crippen LogP contribution in [-0.2, 0) is 14.8 Å². The van der Waals surface area contributed by atoms with Crippen LogP contribution in [0, 0.1) is 11.6 Å². The van der Waals surface area contributed by atoms with Gasteiger partial charge in [0.15, 0.2) is 11.6 Å². The summed E-state index contributed by atoms with van der Waals surface area (Å²) in [7, 11) is -2.24. The fraction of sp³-hybridized carbons (Fsp3) is 0.263. The number of aliphatic imine (C=N–C) groups is 1.